The zero-order valence-electron chi connectivity index (χ0n) is 13.6. The Kier molecular flexibility index (Phi) is 4.93. The monoisotopic (exact) mass is 283 g/mol. The summed E-state index contributed by atoms with van der Waals surface area (Å²) in [6, 6.07) is 1.52. The lowest BCUT2D eigenvalue weighted by molar-refractivity contribution is 0.0778. The summed E-state index contributed by atoms with van der Waals surface area (Å²) in [5.74, 6) is 0. The van der Waals surface area contributed by atoms with Crippen molar-refractivity contribution < 1.29 is 0 Å². The van der Waals surface area contributed by atoms with Crippen molar-refractivity contribution in [3.05, 3.63) is 0 Å². The molecule has 112 valence electrons. The van der Waals surface area contributed by atoms with Crippen molar-refractivity contribution in [1.82, 2.24) is 5.32 Å². The molecule has 2 aliphatic carbocycles. The minimum atomic E-state index is 0.507. The molecule has 0 aromatic heterocycles. The first-order valence-electron chi connectivity index (χ1n) is 8.09. The molecule has 2 rings (SSSR count). The molecule has 0 saturated heterocycles. The van der Waals surface area contributed by atoms with Crippen molar-refractivity contribution in [1.29, 1.82) is 0 Å². The average molecular weight is 284 g/mol. The zero-order valence-corrected chi connectivity index (χ0v) is 14.4. The molecule has 2 saturated carbocycles. The molecule has 0 heterocycles. The predicted octanol–water partition coefficient (Wildman–Crippen LogP) is 4.86. The first-order chi connectivity index (χ1) is 8.80. The summed E-state index contributed by atoms with van der Waals surface area (Å²) in [6.07, 6.45) is 12.0. The first kappa shape index (κ1) is 15.7. The summed E-state index contributed by atoms with van der Waals surface area (Å²) < 4.78 is 0. The quantitative estimate of drug-likeness (QED) is 0.794. The smallest absolute Gasteiger partial charge is 0.00802 e. The predicted molar refractivity (Wildman–Crippen MR) is 87.9 cm³/mol. The fourth-order valence-electron chi connectivity index (χ4n) is 4.81. The Hall–Kier alpha value is 0.310. The second kappa shape index (κ2) is 5.97. The Morgan fingerprint density at radius 1 is 0.947 bits per heavy atom. The molecule has 1 nitrogen and oxygen atoms in total. The van der Waals surface area contributed by atoms with Crippen molar-refractivity contribution in [3.63, 3.8) is 0 Å². The van der Waals surface area contributed by atoms with Gasteiger partial charge in [-0.15, -0.1) is 0 Å². The molecule has 2 atom stereocenters. The van der Waals surface area contributed by atoms with E-state index in [0.717, 1.165) is 17.3 Å². The van der Waals surface area contributed by atoms with Crippen LogP contribution in [0.25, 0.3) is 0 Å². The van der Waals surface area contributed by atoms with E-state index in [2.05, 4.69) is 51.0 Å². The molecule has 0 aromatic rings. The first-order valence-corrected chi connectivity index (χ1v) is 9.37. The molecule has 0 spiro atoms. The molecule has 0 aromatic carbocycles. The molecule has 1 N–H and O–H groups in total. The van der Waals surface area contributed by atoms with Crippen LogP contribution in [0.15, 0.2) is 0 Å². The molecule has 2 unspecified atom stereocenters. The SMILES string of the molecule is CSC1CCCC(NC2CC(C)(C)CC(C)(C)C2)C1. The second-order valence-corrected chi connectivity index (χ2v) is 9.64. The standard InChI is InChI=1S/C17H33NS/c1-16(2)10-14(11-17(3,4)12-16)18-13-7-6-8-15(9-13)19-5/h13-15,18H,6-12H2,1-5H3. The maximum absolute atomic E-state index is 4.02. The number of hydrogen-bond acceptors (Lipinski definition) is 2. The maximum atomic E-state index is 4.02. The topological polar surface area (TPSA) is 12.0 Å². The minimum absolute atomic E-state index is 0.507. The van der Waals surface area contributed by atoms with Gasteiger partial charge in [0, 0.05) is 17.3 Å². The van der Waals surface area contributed by atoms with E-state index in [1.165, 1.54) is 44.9 Å². The van der Waals surface area contributed by atoms with Gasteiger partial charge in [-0.3, -0.25) is 0 Å². The van der Waals surface area contributed by atoms with E-state index in [-0.39, 0.29) is 0 Å². The van der Waals surface area contributed by atoms with Gasteiger partial charge in [-0.1, -0.05) is 34.1 Å². The van der Waals surface area contributed by atoms with Gasteiger partial charge in [0.25, 0.3) is 0 Å². The van der Waals surface area contributed by atoms with Crippen molar-refractivity contribution in [2.24, 2.45) is 10.8 Å². The largest absolute Gasteiger partial charge is 0.311 e. The molecular formula is C17H33NS. The fourth-order valence-corrected chi connectivity index (χ4v) is 5.63. The van der Waals surface area contributed by atoms with Crippen LogP contribution in [0.1, 0.15) is 72.6 Å². The third-order valence-electron chi connectivity index (χ3n) is 4.99. The van der Waals surface area contributed by atoms with E-state index in [1.54, 1.807) is 0 Å². The van der Waals surface area contributed by atoms with Gasteiger partial charge in [0.05, 0.1) is 0 Å². The zero-order chi connectivity index (χ0) is 14.1. The van der Waals surface area contributed by atoms with Crippen LogP contribution in [0.3, 0.4) is 0 Å². The normalized spacial score (nSPS) is 35.2. The van der Waals surface area contributed by atoms with Crippen LogP contribution in [-0.4, -0.2) is 23.6 Å². The van der Waals surface area contributed by atoms with Crippen LogP contribution in [0.4, 0.5) is 0 Å². The Morgan fingerprint density at radius 3 is 2.16 bits per heavy atom. The highest BCUT2D eigenvalue weighted by Gasteiger charge is 2.39. The molecule has 2 heteroatoms. The summed E-state index contributed by atoms with van der Waals surface area (Å²) in [7, 11) is 0. The molecule has 2 fully saturated rings. The van der Waals surface area contributed by atoms with E-state index in [0.29, 0.717) is 10.8 Å². The van der Waals surface area contributed by atoms with Gasteiger partial charge in [0.15, 0.2) is 0 Å². The third-order valence-corrected chi connectivity index (χ3v) is 6.08. The highest BCUT2D eigenvalue weighted by molar-refractivity contribution is 7.99. The van der Waals surface area contributed by atoms with Gasteiger partial charge in [0.2, 0.25) is 0 Å². The number of rotatable bonds is 3. The van der Waals surface area contributed by atoms with Gasteiger partial charge in [-0.2, -0.15) is 11.8 Å². The van der Waals surface area contributed by atoms with Crippen LogP contribution in [0.5, 0.6) is 0 Å². The van der Waals surface area contributed by atoms with Crippen LogP contribution in [-0.2, 0) is 0 Å². The Morgan fingerprint density at radius 2 is 1.58 bits per heavy atom. The van der Waals surface area contributed by atoms with Gasteiger partial charge < -0.3 is 5.32 Å². The van der Waals surface area contributed by atoms with Gasteiger partial charge in [-0.25, -0.2) is 0 Å². The van der Waals surface area contributed by atoms with E-state index in [4.69, 9.17) is 0 Å². The lowest BCUT2D eigenvalue weighted by Crippen LogP contribution is -2.48. The van der Waals surface area contributed by atoms with Crippen LogP contribution in [0.2, 0.25) is 0 Å². The number of hydrogen-bond donors (Lipinski definition) is 1. The van der Waals surface area contributed by atoms with Crippen molar-refractivity contribution >= 4 is 11.8 Å². The van der Waals surface area contributed by atoms with Gasteiger partial charge >= 0.3 is 0 Å². The Bertz CT molecular complexity index is 282. The second-order valence-electron chi connectivity index (χ2n) is 8.50. The lowest BCUT2D eigenvalue weighted by Gasteiger charge is -2.46. The molecular weight excluding hydrogens is 250 g/mol. The van der Waals surface area contributed by atoms with E-state index in [1.807, 2.05) is 0 Å². The van der Waals surface area contributed by atoms with Crippen molar-refractivity contribution in [2.45, 2.75) is 90.0 Å². The third kappa shape index (κ3) is 4.67. The highest BCUT2D eigenvalue weighted by Crippen LogP contribution is 2.46. The highest BCUT2D eigenvalue weighted by atomic mass is 32.2. The fraction of sp³-hybridized carbons (Fsp3) is 1.00. The molecule has 2 aliphatic rings. The van der Waals surface area contributed by atoms with E-state index >= 15 is 0 Å². The molecule has 0 aliphatic heterocycles. The summed E-state index contributed by atoms with van der Waals surface area (Å²) in [4.78, 5) is 0. The summed E-state index contributed by atoms with van der Waals surface area (Å²) >= 11 is 2.07. The van der Waals surface area contributed by atoms with Crippen LogP contribution in [0, 0.1) is 10.8 Å². The molecule has 19 heavy (non-hydrogen) atoms. The Balaban J connectivity index is 1.91. The van der Waals surface area contributed by atoms with Crippen molar-refractivity contribution in [3.8, 4) is 0 Å². The molecule has 0 radical (unpaired) electrons. The van der Waals surface area contributed by atoms with E-state index in [9.17, 15) is 0 Å². The lowest BCUT2D eigenvalue weighted by atomic mass is 9.63. The van der Waals surface area contributed by atoms with E-state index < -0.39 is 0 Å². The van der Waals surface area contributed by atoms with Crippen LogP contribution < -0.4 is 5.32 Å². The molecule has 0 amide bonds. The van der Waals surface area contributed by atoms with Gasteiger partial charge in [-0.05, 0) is 55.6 Å². The number of thioether (sulfide) groups is 1. The van der Waals surface area contributed by atoms with Crippen molar-refractivity contribution in [2.75, 3.05) is 6.26 Å². The maximum Gasteiger partial charge on any atom is 0.00802 e. The molecule has 0 bridgehead atoms. The van der Waals surface area contributed by atoms with Crippen LogP contribution >= 0.6 is 11.8 Å². The minimum Gasteiger partial charge on any atom is -0.311 e. The van der Waals surface area contributed by atoms with Gasteiger partial charge in [0.1, 0.15) is 0 Å². The summed E-state index contributed by atoms with van der Waals surface area (Å²) in [5, 5.41) is 4.92. The summed E-state index contributed by atoms with van der Waals surface area (Å²) in [5.41, 5.74) is 1.01. The number of nitrogens with one attached hydrogen (secondary N) is 1. The average Bonchev–Trinajstić information content (AvgIpc) is 2.24. The Labute approximate surface area is 124 Å². The summed E-state index contributed by atoms with van der Waals surface area (Å²) in [6.45, 7) is 9.81.